The molecule has 0 spiro atoms. The molecule has 0 aromatic carbocycles. The standard InChI is InChI=1S/C20H43N5O/c1-7-21-20(22-9-15-26-14-8-17(2)3)23-16-19(18(4)5)25-12-10-24(6)11-13-25/h17-19H,7-16H2,1-6H3,(H2,21,22,23). The molecule has 1 unspecified atom stereocenters. The summed E-state index contributed by atoms with van der Waals surface area (Å²) in [6.07, 6.45) is 1.12. The first-order chi connectivity index (χ1) is 12.4. The van der Waals surface area contributed by atoms with Crippen molar-refractivity contribution in [3.05, 3.63) is 0 Å². The van der Waals surface area contributed by atoms with Crippen LogP contribution in [0, 0.1) is 11.8 Å². The molecule has 0 radical (unpaired) electrons. The van der Waals surface area contributed by atoms with E-state index in [1.807, 2.05) is 0 Å². The van der Waals surface area contributed by atoms with Gasteiger partial charge < -0.3 is 20.3 Å². The molecule has 0 bridgehead atoms. The van der Waals surface area contributed by atoms with Crippen LogP contribution in [0.4, 0.5) is 0 Å². The number of piperazine rings is 1. The van der Waals surface area contributed by atoms with Crippen LogP contribution in [-0.4, -0.2) is 87.9 Å². The summed E-state index contributed by atoms with van der Waals surface area (Å²) in [4.78, 5) is 9.87. The molecule has 1 saturated heterocycles. The highest BCUT2D eigenvalue weighted by atomic mass is 16.5. The summed E-state index contributed by atoms with van der Waals surface area (Å²) < 4.78 is 5.68. The van der Waals surface area contributed by atoms with Crippen LogP contribution in [0.25, 0.3) is 0 Å². The van der Waals surface area contributed by atoms with Crippen LogP contribution in [0.1, 0.15) is 41.0 Å². The summed E-state index contributed by atoms with van der Waals surface area (Å²) in [5, 5.41) is 6.75. The first kappa shape index (κ1) is 23.2. The molecule has 1 aliphatic heterocycles. The quantitative estimate of drug-likeness (QED) is 0.331. The van der Waals surface area contributed by atoms with Crippen molar-refractivity contribution >= 4 is 5.96 Å². The molecule has 0 amide bonds. The number of hydrogen-bond donors (Lipinski definition) is 2. The van der Waals surface area contributed by atoms with Crippen LogP contribution < -0.4 is 10.6 Å². The second-order valence-corrected chi connectivity index (χ2v) is 8.09. The number of ether oxygens (including phenoxy) is 1. The second-order valence-electron chi connectivity index (χ2n) is 8.09. The Morgan fingerprint density at radius 1 is 1.04 bits per heavy atom. The van der Waals surface area contributed by atoms with Crippen LogP contribution in [0.3, 0.4) is 0 Å². The number of rotatable bonds is 11. The normalized spacial score (nSPS) is 18.5. The van der Waals surface area contributed by atoms with Gasteiger partial charge in [-0.1, -0.05) is 27.7 Å². The predicted octanol–water partition coefficient (Wildman–Crippen LogP) is 1.88. The highest BCUT2D eigenvalue weighted by molar-refractivity contribution is 5.79. The Balaban J connectivity index is 2.43. The fraction of sp³-hybridized carbons (Fsp3) is 0.950. The lowest BCUT2D eigenvalue weighted by Crippen LogP contribution is -2.52. The predicted molar refractivity (Wildman–Crippen MR) is 112 cm³/mol. The van der Waals surface area contributed by atoms with Gasteiger partial charge in [-0.15, -0.1) is 0 Å². The van der Waals surface area contributed by atoms with Gasteiger partial charge >= 0.3 is 0 Å². The van der Waals surface area contributed by atoms with Gasteiger partial charge in [0.25, 0.3) is 0 Å². The van der Waals surface area contributed by atoms with E-state index in [4.69, 9.17) is 9.73 Å². The van der Waals surface area contributed by atoms with Crippen LogP contribution in [0.5, 0.6) is 0 Å². The van der Waals surface area contributed by atoms with Gasteiger partial charge in [-0.3, -0.25) is 9.89 Å². The Hall–Kier alpha value is -0.850. The molecule has 1 fully saturated rings. The average molecular weight is 370 g/mol. The number of nitrogens with one attached hydrogen (secondary N) is 2. The maximum atomic E-state index is 5.68. The minimum atomic E-state index is 0.501. The lowest BCUT2D eigenvalue weighted by atomic mass is 10.0. The van der Waals surface area contributed by atoms with E-state index in [0.717, 1.165) is 71.4 Å². The third-order valence-electron chi connectivity index (χ3n) is 4.94. The van der Waals surface area contributed by atoms with E-state index in [2.05, 4.69) is 62.1 Å². The number of likely N-dealkylation sites (N-methyl/N-ethyl adjacent to an activating group) is 1. The Bertz CT molecular complexity index is 378. The molecule has 2 N–H and O–H groups in total. The summed E-state index contributed by atoms with van der Waals surface area (Å²) in [6.45, 7) is 19.8. The third-order valence-corrected chi connectivity index (χ3v) is 4.94. The van der Waals surface area contributed by atoms with E-state index in [9.17, 15) is 0 Å². The van der Waals surface area contributed by atoms with Crippen molar-refractivity contribution in [2.24, 2.45) is 16.8 Å². The van der Waals surface area contributed by atoms with Gasteiger partial charge in [-0.2, -0.15) is 0 Å². The van der Waals surface area contributed by atoms with Crippen molar-refractivity contribution in [2.75, 3.05) is 66.1 Å². The molecule has 0 saturated carbocycles. The average Bonchev–Trinajstić information content (AvgIpc) is 2.59. The maximum absolute atomic E-state index is 5.68. The van der Waals surface area contributed by atoms with Gasteiger partial charge in [-0.25, -0.2) is 0 Å². The maximum Gasteiger partial charge on any atom is 0.191 e. The highest BCUT2D eigenvalue weighted by Gasteiger charge is 2.24. The summed E-state index contributed by atoms with van der Waals surface area (Å²) in [5.41, 5.74) is 0. The lowest BCUT2D eigenvalue weighted by Gasteiger charge is -2.39. The number of guanidine groups is 1. The van der Waals surface area contributed by atoms with Crippen LogP contribution >= 0.6 is 0 Å². The summed E-state index contributed by atoms with van der Waals surface area (Å²) in [5.74, 6) is 2.20. The molecule has 0 aromatic heterocycles. The molecule has 1 heterocycles. The topological polar surface area (TPSA) is 52.1 Å². The molecule has 154 valence electrons. The third kappa shape index (κ3) is 9.74. The van der Waals surface area contributed by atoms with Crippen LogP contribution in [-0.2, 0) is 4.74 Å². The molecule has 6 heteroatoms. The molecule has 0 aromatic rings. The molecule has 0 aliphatic carbocycles. The van der Waals surface area contributed by atoms with Gasteiger partial charge in [0.1, 0.15) is 0 Å². The van der Waals surface area contributed by atoms with E-state index < -0.39 is 0 Å². The number of nitrogens with zero attached hydrogens (tertiary/aromatic N) is 3. The molecule has 26 heavy (non-hydrogen) atoms. The lowest BCUT2D eigenvalue weighted by molar-refractivity contribution is 0.0925. The molecular formula is C20H43N5O. The van der Waals surface area contributed by atoms with Gasteiger partial charge in [-0.05, 0) is 32.2 Å². The molecule has 1 atom stereocenters. The van der Waals surface area contributed by atoms with Crippen molar-refractivity contribution in [3.8, 4) is 0 Å². The Kier molecular flexibility index (Phi) is 11.9. The van der Waals surface area contributed by atoms with E-state index in [-0.39, 0.29) is 0 Å². The fourth-order valence-electron chi connectivity index (χ4n) is 3.09. The van der Waals surface area contributed by atoms with Crippen molar-refractivity contribution in [3.63, 3.8) is 0 Å². The summed E-state index contributed by atoms with van der Waals surface area (Å²) >= 11 is 0. The summed E-state index contributed by atoms with van der Waals surface area (Å²) in [6, 6.07) is 0.501. The molecule has 1 aliphatic rings. The number of hydrogen-bond acceptors (Lipinski definition) is 4. The number of aliphatic imine (C=N–C) groups is 1. The molecule has 1 rings (SSSR count). The van der Waals surface area contributed by atoms with E-state index in [0.29, 0.717) is 17.9 Å². The monoisotopic (exact) mass is 369 g/mol. The van der Waals surface area contributed by atoms with Gasteiger partial charge in [0, 0.05) is 51.9 Å². The second kappa shape index (κ2) is 13.3. The zero-order chi connectivity index (χ0) is 19.4. The van der Waals surface area contributed by atoms with Crippen molar-refractivity contribution in [2.45, 2.75) is 47.1 Å². The summed E-state index contributed by atoms with van der Waals surface area (Å²) in [7, 11) is 2.20. The minimum absolute atomic E-state index is 0.501. The van der Waals surface area contributed by atoms with Crippen molar-refractivity contribution in [1.29, 1.82) is 0 Å². The zero-order valence-corrected chi connectivity index (χ0v) is 18.1. The largest absolute Gasteiger partial charge is 0.380 e. The van der Waals surface area contributed by atoms with E-state index in [1.54, 1.807) is 0 Å². The van der Waals surface area contributed by atoms with Gasteiger partial charge in [0.2, 0.25) is 0 Å². The molecular weight excluding hydrogens is 326 g/mol. The molecule has 6 nitrogen and oxygen atoms in total. The first-order valence-corrected chi connectivity index (χ1v) is 10.5. The van der Waals surface area contributed by atoms with E-state index in [1.165, 1.54) is 0 Å². The minimum Gasteiger partial charge on any atom is -0.380 e. The smallest absolute Gasteiger partial charge is 0.191 e. The fourth-order valence-corrected chi connectivity index (χ4v) is 3.09. The zero-order valence-electron chi connectivity index (χ0n) is 18.1. The Labute approximate surface area is 161 Å². The SMILES string of the molecule is CCNC(=NCC(C(C)C)N1CCN(C)CC1)NCCOCCC(C)C. The van der Waals surface area contributed by atoms with Gasteiger partial charge in [0.05, 0.1) is 13.2 Å². The Morgan fingerprint density at radius 2 is 1.73 bits per heavy atom. The van der Waals surface area contributed by atoms with Crippen molar-refractivity contribution < 1.29 is 4.74 Å². The first-order valence-electron chi connectivity index (χ1n) is 10.5. The Morgan fingerprint density at radius 3 is 2.31 bits per heavy atom. The van der Waals surface area contributed by atoms with Gasteiger partial charge in [0.15, 0.2) is 5.96 Å². The van der Waals surface area contributed by atoms with E-state index >= 15 is 0 Å². The highest BCUT2D eigenvalue weighted by Crippen LogP contribution is 2.14. The van der Waals surface area contributed by atoms with Crippen LogP contribution in [0.15, 0.2) is 4.99 Å². The van der Waals surface area contributed by atoms with Crippen molar-refractivity contribution in [1.82, 2.24) is 20.4 Å². The van der Waals surface area contributed by atoms with Crippen LogP contribution in [0.2, 0.25) is 0 Å².